The third kappa shape index (κ3) is 3.46. The van der Waals surface area contributed by atoms with E-state index in [1.165, 1.54) is 12.3 Å². The van der Waals surface area contributed by atoms with E-state index >= 15 is 0 Å². The average molecular weight is 313 g/mol. The predicted octanol–water partition coefficient (Wildman–Crippen LogP) is 3.19. The van der Waals surface area contributed by atoms with Gasteiger partial charge in [0, 0.05) is 22.1 Å². The van der Waals surface area contributed by atoms with Gasteiger partial charge in [-0.15, -0.1) is 16.6 Å². The van der Waals surface area contributed by atoms with Gasteiger partial charge in [0.2, 0.25) is 5.88 Å². The van der Waals surface area contributed by atoms with Crippen molar-refractivity contribution in [2.45, 2.75) is 18.4 Å². The summed E-state index contributed by atoms with van der Waals surface area (Å²) in [6.07, 6.45) is 1.36. The number of thioether (sulfide) groups is 1. The molecule has 0 atom stereocenters. The lowest BCUT2D eigenvalue weighted by Crippen LogP contribution is -2.05. The maximum absolute atomic E-state index is 11.5. The Hall–Kier alpha value is -1.66. The van der Waals surface area contributed by atoms with E-state index in [9.17, 15) is 4.79 Å². The zero-order valence-electron chi connectivity index (χ0n) is 10.7. The first-order valence-corrected chi connectivity index (χ1v) is 7.30. The normalized spacial score (nSPS) is 10.5. The van der Waals surface area contributed by atoms with Crippen molar-refractivity contribution in [1.29, 1.82) is 0 Å². The summed E-state index contributed by atoms with van der Waals surface area (Å²) in [5.41, 5.74) is 1.15. The zero-order chi connectivity index (χ0) is 14.5. The van der Waals surface area contributed by atoms with Gasteiger partial charge in [0.15, 0.2) is 0 Å². The van der Waals surface area contributed by atoms with E-state index in [0.29, 0.717) is 10.4 Å². The molecule has 1 N–H and O–H groups in total. The highest BCUT2D eigenvalue weighted by Crippen LogP contribution is 2.27. The summed E-state index contributed by atoms with van der Waals surface area (Å²) in [5, 5.41) is 12.3. The number of rotatable bonds is 6. The Morgan fingerprint density at radius 3 is 2.90 bits per heavy atom. The fraction of sp³-hybridized carbons (Fsp3) is 0.231. The van der Waals surface area contributed by atoms with Crippen molar-refractivity contribution in [3.63, 3.8) is 0 Å². The number of nitrogens with zero attached hydrogens (tertiary/aromatic N) is 2. The van der Waals surface area contributed by atoms with Crippen LogP contribution in [0, 0.1) is 0 Å². The van der Waals surface area contributed by atoms with Crippen LogP contribution in [0.2, 0.25) is 0 Å². The summed E-state index contributed by atoms with van der Waals surface area (Å²) in [6, 6.07) is 6.90. The molecule has 7 heteroatoms. The van der Waals surface area contributed by atoms with E-state index < -0.39 is 5.24 Å². The number of carbonyl (C=O) groups is 1. The number of benzene rings is 1. The van der Waals surface area contributed by atoms with Crippen LogP contribution in [0.25, 0.3) is 0 Å². The summed E-state index contributed by atoms with van der Waals surface area (Å²) in [6.45, 7) is 2.19. The third-order valence-corrected chi connectivity index (χ3v) is 3.75. The topological polar surface area (TPSA) is 64.3 Å². The van der Waals surface area contributed by atoms with Crippen LogP contribution in [0.1, 0.15) is 22.8 Å². The lowest BCUT2D eigenvalue weighted by atomic mass is 10.1. The molecule has 0 spiro atoms. The van der Waals surface area contributed by atoms with Gasteiger partial charge in [-0.25, -0.2) is 0 Å². The number of hydrogen-bond donors (Lipinski definition) is 1. The first-order chi connectivity index (χ1) is 9.61. The Kier molecular flexibility index (Phi) is 4.92. The zero-order valence-corrected chi connectivity index (χ0v) is 12.3. The molecule has 0 fully saturated rings. The highest BCUT2D eigenvalue weighted by molar-refractivity contribution is 7.99. The quantitative estimate of drug-likeness (QED) is 0.504. The molecular weight excluding hydrogens is 300 g/mol. The number of carbonyl (C=O) groups excluding carboxylic acids is 1. The Morgan fingerprint density at radius 1 is 1.50 bits per heavy atom. The molecular formula is C13H13ClN2O3S. The minimum absolute atomic E-state index is 0.161. The maximum Gasteiger partial charge on any atom is 0.252 e. The minimum Gasteiger partial charge on any atom is -0.472 e. The van der Waals surface area contributed by atoms with Crippen molar-refractivity contribution in [1.82, 2.24) is 9.94 Å². The van der Waals surface area contributed by atoms with Gasteiger partial charge in [0.25, 0.3) is 5.24 Å². The average Bonchev–Trinajstić information content (AvgIpc) is 2.83. The molecule has 0 unspecified atom stereocenters. The highest BCUT2D eigenvalue weighted by atomic mass is 35.5. The first kappa shape index (κ1) is 14.7. The molecule has 2 rings (SSSR count). The summed E-state index contributed by atoms with van der Waals surface area (Å²) in [5.74, 6) is 1.15. The largest absolute Gasteiger partial charge is 0.472 e. The molecule has 0 saturated heterocycles. The van der Waals surface area contributed by atoms with Gasteiger partial charge in [0.05, 0.1) is 6.20 Å². The van der Waals surface area contributed by atoms with Gasteiger partial charge < -0.3 is 9.94 Å². The standard InChI is InChI=1S/C13H13ClN2O3S/c1-2-20-11-5-3-4-9(13(14)17)10(11)8-19-12-6-7-16(18)15-12/h3-7,18H,2,8H2,1H3. The van der Waals surface area contributed by atoms with Crippen molar-refractivity contribution >= 4 is 28.6 Å². The number of halogens is 1. The van der Waals surface area contributed by atoms with Crippen LogP contribution in [0.3, 0.4) is 0 Å². The molecule has 2 aromatic rings. The van der Waals surface area contributed by atoms with Gasteiger partial charge in [0.1, 0.15) is 6.61 Å². The Bertz CT molecular complexity index is 615. The van der Waals surface area contributed by atoms with Crippen LogP contribution in [-0.4, -0.2) is 26.1 Å². The summed E-state index contributed by atoms with van der Waals surface area (Å²) >= 11 is 7.21. The third-order valence-electron chi connectivity index (χ3n) is 2.56. The summed E-state index contributed by atoms with van der Waals surface area (Å²) < 4.78 is 5.47. The Balaban J connectivity index is 2.25. The van der Waals surface area contributed by atoms with Crippen molar-refractivity contribution in [3.05, 3.63) is 41.6 Å². The van der Waals surface area contributed by atoms with Gasteiger partial charge in [-0.3, -0.25) is 4.79 Å². The second kappa shape index (κ2) is 6.67. The summed E-state index contributed by atoms with van der Waals surface area (Å²) in [7, 11) is 0. The molecule has 1 aromatic carbocycles. The monoisotopic (exact) mass is 312 g/mol. The van der Waals surface area contributed by atoms with E-state index in [-0.39, 0.29) is 12.5 Å². The van der Waals surface area contributed by atoms with Crippen molar-refractivity contribution in [2.75, 3.05) is 5.75 Å². The molecule has 0 bridgehead atoms. The molecule has 5 nitrogen and oxygen atoms in total. The molecule has 0 aliphatic carbocycles. The number of ether oxygens (including phenoxy) is 1. The maximum atomic E-state index is 11.5. The van der Waals surface area contributed by atoms with Crippen LogP contribution in [0.15, 0.2) is 35.4 Å². The van der Waals surface area contributed by atoms with Crippen LogP contribution in [0.5, 0.6) is 5.88 Å². The molecule has 0 amide bonds. The molecule has 1 aromatic heterocycles. The van der Waals surface area contributed by atoms with E-state index in [0.717, 1.165) is 16.2 Å². The van der Waals surface area contributed by atoms with Gasteiger partial charge in [-0.1, -0.05) is 18.1 Å². The van der Waals surface area contributed by atoms with Crippen LogP contribution < -0.4 is 4.74 Å². The minimum atomic E-state index is -0.519. The van der Waals surface area contributed by atoms with Crippen LogP contribution in [-0.2, 0) is 6.61 Å². The van der Waals surface area contributed by atoms with Crippen molar-refractivity contribution in [2.24, 2.45) is 0 Å². The smallest absolute Gasteiger partial charge is 0.252 e. The Morgan fingerprint density at radius 2 is 2.30 bits per heavy atom. The second-order valence-corrected chi connectivity index (χ2v) is 5.50. The predicted molar refractivity (Wildman–Crippen MR) is 76.8 cm³/mol. The molecule has 0 aliphatic heterocycles. The number of aromatic nitrogens is 2. The van der Waals surface area contributed by atoms with E-state index in [4.69, 9.17) is 21.5 Å². The molecule has 0 radical (unpaired) electrons. The first-order valence-electron chi connectivity index (χ1n) is 5.94. The molecule has 20 heavy (non-hydrogen) atoms. The van der Waals surface area contributed by atoms with Crippen molar-refractivity contribution < 1.29 is 14.7 Å². The molecule has 1 heterocycles. The molecule has 0 aliphatic rings. The molecule has 0 saturated carbocycles. The lowest BCUT2D eigenvalue weighted by molar-refractivity contribution is 0.107. The van der Waals surface area contributed by atoms with Crippen LogP contribution in [0.4, 0.5) is 0 Å². The van der Waals surface area contributed by atoms with Gasteiger partial charge in [-0.2, -0.15) is 0 Å². The lowest BCUT2D eigenvalue weighted by Gasteiger charge is -2.12. The second-order valence-electron chi connectivity index (χ2n) is 3.85. The van der Waals surface area contributed by atoms with Gasteiger partial charge >= 0.3 is 0 Å². The fourth-order valence-corrected chi connectivity index (χ4v) is 2.72. The molecule has 106 valence electrons. The van der Waals surface area contributed by atoms with Crippen LogP contribution >= 0.6 is 23.4 Å². The Labute approximate surface area is 125 Å². The van der Waals surface area contributed by atoms with E-state index in [1.807, 2.05) is 13.0 Å². The SMILES string of the molecule is CCSc1cccc(C(=O)Cl)c1COc1ccn(O)n1. The summed E-state index contributed by atoms with van der Waals surface area (Å²) in [4.78, 5) is 13.1. The number of hydrogen-bond acceptors (Lipinski definition) is 5. The highest BCUT2D eigenvalue weighted by Gasteiger charge is 2.14. The van der Waals surface area contributed by atoms with Crippen molar-refractivity contribution in [3.8, 4) is 5.88 Å². The fourth-order valence-electron chi connectivity index (χ4n) is 1.71. The van der Waals surface area contributed by atoms with E-state index in [2.05, 4.69) is 5.10 Å². The van der Waals surface area contributed by atoms with Gasteiger partial charge in [-0.05, 0) is 29.5 Å². The van der Waals surface area contributed by atoms with E-state index in [1.54, 1.807) is 23.9 Å².